The lowest BCUT2D eigenvalue weighted by atomic mass is 9.86. The predicted octanol–water partition coefficient (Wildman–Crippen LogP) is 2.54. The van der Waals surface area contributed by atoms with Gasteiger partial charge in [-0.05, 0) is 31.2 Å². The second-order valence-corrected chi connectivity index (χ2v) is 6.46. The fourth-order valence-electron chi connectivity index (χ4n) is 2.92. The van der Waals surface area contributed by atoms with Crippen LogP contribution in [0.2, 0.25) is 0 Å². The van der Waals surface area contributed by atoms with Crippen LogP contribution in [0.15, 0.2) is 49.1 Å². The molecule has 152 valence electrons. The molecule has 2 atom stereocenters. The molecule has 1 heterocycles. The highest BCUT2D eigenvalue weighted by Gasteiger charge is 2.40. The number of halogens is 4. The Morgan fingerprint density at radius 2 is 1.83 bits per heavy atom. The van der Waals surface area contributed by atoms with Crippen LogP contribution in [0.3, 0.4) is 0 Å². The van der Waals surface area contributed by atoms with Crippen LogP contribution in [-0.4, -0.2) is 31.8 Å². The summed E-state index contributed by atoms with van der Waals surface area (Å²) in [4.78, 5) is 16.2. The van der Waals surface area contributed by atoms with Gasteiger partial charge in [0.05, 0.1) is 18.2 Å². The number of hydrogen-bond donors (Lipinski definition) is 2. The second kappa shape index (κ2) is 8.00. The van der Waals surface area contributed by atoms with Crippen molar-refractivity contribution < 1.29 is 27.5 Å². The first kappa shape index (κ1) is 20.5. The monoisotopic (exact) mass is 408 g/mol. The maximum atomic E-state index is 14.4. The molecule has 1 amide bonds. The lowest BCUT2D eigenvalue weighted by Crippen LogP contribution is -2.52. The van der Waals surface area contributed by atoms with Crippen LogP contribution in [0.5, 0.6) is 0 Å². The van der Waals surface area contributed by atoms with Crippen molar-refractivity contribution in [2.24, 2.45) is 0 Å². The zero-order chi connectivity index (χ0) is 21.2. The van der Waals surface area contributed by atoms with E-state index in [0.29, 0.717) is 12.1 Å². The summed E-state index contributed by atoms with van der Waals surface area (Å²) in [7, 11) is 0. The van der Waals surface area contributed by atoms with Gasteiger partial charge in [0.2, 0.25) is 0 Å². The van der Waals surface area contributed by atoms with Crippen molar-refractivity contribution in [3.8, 4) is 0 Å². The number of aromatic nitrogens is 3. The lowest BCUT2D eigenvalue weighted by Gasteiger charge is -2.35. The van der Waals surface area contributed by atoms with Crippen molar-refractivity contribution in [3.05, 3.63) is 83.4 Å². The fourth-order valence-corrected chi connectivity index (χ4v) is 2.92. The Hall–Kier alpha value is -3.27. The smallest absolute Gasteiger partial charge is 0.254 e. The van der Waals surface area contributed by atoms with E-state index in [4.69, 9.17) is 0 Å². The van der Waals surface area contributed by atoms with Crippen LogP contribution in [0, 0.1) is 23.3 Å². The van der Waals surface area contributed by atoms with Crippen LogP contribution < -0.4 is 5.32 Å². The number of aliphatic hydroxyl groups is 1. The predicted molar refractivity (Wildman–Crippen MR) is 93.6 cm³/mol. The standard InChI is InChI=1S/C19H16F4N4O2/c1-11(26-18(28)14-6-12(20)3-5-16(14)22)19(29,8-27-10-24-9-25-27)15-4-2-13(21)7-17(15)23/h2-7,9-11,29H,8H2,1H3,(H,26,28)/t11-,19-/m1/s1. The van der Waals surface area contributed by atoms with Crippen LogP contribution in [0.25, 0.3) is 0 Å². The molecule has 0 saturated heterocycles. The number of rotatable bonds is 6. The van der Waals surface area contributed by atoms with Crippen molar-refractivity contribution in [2.45, 2.75) is 25.1 Å². The van der Waals surface area contributed by atoms with E-state index in [0.717, 1.165) is 24.3 Å². The van der Waals surface area contributed by atoms with Gasteiger partial charge >= 0.3 is 0 Å². The molecule has 0 aliphatic heterocycles. The quantitative estimate of drug-likeness (QED) is 0.615. The Labute approximate surface area is 162 Å². The molecule has 3 rings (SSSR count). The summed E-state index contributed by atoms with van der Waals surface area (Å²) in [5, 5.41) is 17.5. The molecule has 0 unspecified atom stereocenters. The van der Waals surface area contributed by atoms with E-state index in [2.05, 4.69) is 15.4 Å². The van der Waals surface area contributed by atoms with Crippen LogP contribution in [0.4, 0.5) is 17.6 Å². The largest absolute Gasteiger partial charge is 0.381 e. The van der Waals surface area contributed by atoms with E-state index in [1.165, 1.54) is 24.3 Å². The summed E-state index contributed by atoms with van der Waals surface area (Å²) in [5.41, 5.74) is -3.02. The van der Waals surface area contributed by atoms with Crippen molar-refractivity contribution in [2.75, 3.05) is 0 Å². The molecule has 3 aromatic rings. The number of nitrogens with zero attached hydrogens (tertiary/aromatic N) is 3. The molecule has 2 N–H and O–H groups in total. The number of carbonyl (C=O) groups excluding carboxylic acids is 1. The third kappa shape index (κ3) is 4.27. The van der Waals surface area contributed by atoms with E-state index in [1.54, 1.807) is 0 Å². The Balaban J connectivity index is 1.96. The van der Waals surface area contributed by atoms with E-state index < -0.39 is 46.4 Å². The molecule has 29 heavy (non-hydrogen) atoms. The molecule has 0 fully saturated rings. The average Bonchev–Trinajstić information content (AvgIpc) is 3.16. The zero-order valence-corrected chi connectivity index (χ0v) is 15.1. The first-order chi connectivity index (χ1) is 13.7. The number of hydrogen-bond acceptors (Lipinski definition) is 4. The van der Waals surface area contributed by atoms with Crippen molar-refractivity contribution in [1.29, 1.82) is 0 Å². The van der Waals surface area contributed by atoms with E-state index in [1.807, 2.05) is 0 Å². The molecule has 0 radical (unpaired) electrons. The van der Waals surface area contributed by atoms with Gasteiger partial charge in [0, 0.05) is 11.6 Å². The summed E-state index contributed by atoms with van der Waals surface area (Å²) in [6.45, 7) is 0.984. The molecule has 6 nitrogen and oxygen atoms in total. The summed E-state index contributed by atoms with van der Waals surface area (Å²) in [5.74, 6) is -4.72. The number of amides is 1. The van der Waals surface area contributed by atoms with Gasteiger partial charge in [-0.2, -0.15) is 5.10 Å². The first-order valence-corrected chi connectivity index (χ1v) is 8.47. The topological polar surface area (TPSA) is 80.0 Å². The summed E-state index contributed by atoms with van der Waals surface area (Å²) in [6, 6.07) is 3.69. The molecule has 2 aromatic carbocycles. The minimum atomic E-state index is -2.12. The lowest BCUT2D eigenvalue weighted by molar-refractivity contribution is -0.0186. The van der Waals surface area contributed by atoms with Gasteiger partial charge in [0.15, 0.2) is 0 Å². The Morgan fingerprint density at radius 3 is 2.48 bits per heavy atom. The minimum Gasteiger partial charge on any atom is -0.381 e. The minimum absolute atomic E-state index is 0.318. The Kier molecular flexibility index (Phi) is 5.64. The maximum Gasteiger partial charge on any atom is 0.254 e. The summed E-state index contributed by atoms with van der Waals surface area (Å²) in [6.07, 6.45) is 2.44. The molecular weight excluding hydrogens is 392 g/mol. The van der Waals surface area contributed by atoms with Gasteiger partial charge in [-0.25, -0.2) is 27.2 Å². The van der Waals surface area contributed by atoms with Crippen LogP contribution in [0.1, 0.15) is 22.8 Å². The summed E-state index contributed by atoms with van der Waals surface area (Å²) < 4.78 is 56.2. The molecular formula is C19H16F4N4O2. The first-order valence-electron chi connectivity index (χ1n) is 8.47. The highest BCUT2D eigenvalue weighted by Crippen LogP contribution is 2.30. The van der Waals surface area contributed by atoms with Crippen molar-refractivity contribution in [3.63, 3.8) is 0 Å². The molecule has 0 aliphatic rings. The molecule has 0 aliphatic carbocycles. The number of carbonyl (C=O) groups is 1. The van der Waals surface area contributed by atoms with Gasteiger partial charge in [-0.15, -0.1) is 0 Å². The van der Waals surface area contributed by atoms with Gasteiger partial charge < -0.3 is 10.4 Å². The molecule has 0 saturated carbocycles. The second-order valence-electron chi connectivity index (χ2n) is 6.46. The normalized spacial score (nSPS) is 14.3. The third-order valence-corrected chi connectivity index (χ3v) is 4.50. The van der Waals surface area contributed by atoms with E-state index in [9.17, 15) is 27.5 Å². The molecule has 0 spiro atoms. The Morgan fingerprint density at radius 1 is 1.14 bits per heavy atom. The van der Waals surface area contributed by atoms with Crippen molar-refractivity contribution >= 4 is 5.91 Å². The van der Waals surface area contributed by atoms with Crippen LogP contribution >= 0.6 is 0 Å². The highest BCUT2D eigenvalue weighted by molar-refractivity contribution is 5.94. The highest BCUT2D eigenvalue weighted by atomic mass is 19.1. The SMILES string of the molecule is C[C@@H](NC(=O)c1cc(F)ccc1F)[C@](O)(Cn1cncn1)c1ccc(F)cc1F. The number of benzene rings is 2. The van der Waals surface area contributed by atoms with Gasteiger partial charge in [-0.3, -0.25) is 4.79 Å². The maximum absolute atomic E-state index is 14.4. The van der Waals surface area contributed by atoms with Crippen molar-refractivity contribution in [1.82, 2.24) is 20.1 Å². The van der Waals surface area contributed by atoms with E-state index >= 15 is 0 Å². The average molecular weight is 408 g/mol. The number of nitrogens with one attached hydrogen (secondary N) is 1. The van der Waals surface area contributed by atoms with Crippen LogP contribution in [-0.2, 0) is 12.1 Å². The molecule has 0 bridgehead atoms. The summed E-state index contributed by atoms with van der Waals surface area (Å²) >= 11 is 0. The third-order valence-electron chi connectivity index (χ3n) is 4.50. The fraction of sp³-hybridized carbons (Fsp3) is 0.211. The molecule has 1 aromatic heterocycles. The van der Waals surface area contributed by atoms with Gasteiger partial charge in [0.25, 0.3) is 5.91 Å². The zero-order valence-electron chi connectivity index (χ0n) is 15.1. The Bertz CT molecular complexity index is 1030. The molecule has 10 heteroatoms. The van der Waals surface area contributed by atoms with Gasteiger partial charge in [0.1, 0.15) is 41.5 Å². The van der Waals surface area contributed by atoms with Gasteiger partial charge in [-0.1, -0.05) is 6.07 Å². The van der Waals surface area contributed by atoms with E-state index in [-0.39, 0.29) is 12.1 Å².